The van der Waals surface area contributed by atoms with Crippen molar-refractivity contribution in [3.05, 3.63) is 46.3 Å². The number of rotatable bonds is 22. The molecule has 0 saturated heterocycles. The van der Waals surface area contributed by atoms with Gasteiger partial charge in [-0.1, -0.05) is 132 Å². The smallest absolute Gasteiger partial charge is 0.305 e. The Labute approximate surface area is 202 Å². The van der Waals surface area contributed by atoms with E-state index in [0.717, 1.165) is 24.8 Å². The average Bonchev–Trinajstić information content (AvgIpc) is 2.84. The Bertz CT molecular complexity index is 629. The number of nitrogens with zero attached hydrogens (tertiary/aromatic N) is 3. The molecule has 5 heteroatoms. The van der Waals surface area contributed by atoms with Crippen LogP contribution in [0.15, 0.2) is 35.4 Å². The summed E-state index contributed by atoms with van der Waals surface area (Å²) in [4.78, 5) is 14.9. The van der Waals surface area contributed by atoms with Gasteiger partial charge in [-0.2, -0.15) is 0 Å². The van der Waals surface area contributed by atoms with Crippen molar-refractivity contribution >= 4 is 5.97 Å². The molecule has 0 saturated carbocycles. The zero-order valence-corrected chi connectivity index (χ0v) is 21.1. The molecule has 186 valence electrons. The van der Waals surface area contributed by atoms with E-state index in [1.54, 1.807) is 0 Å². The summed E-state index contributed by atoms with van der Waals surface area (Å²) in [5.41, 5.74) is 9.77. The summed E-state index contributed by atoms with van der Waals surface area (Å²) in [5, 5.41) is 3.68. The summed E-state index contributed by atoms with van der Waals surface area (Å²) in [5.74, 6) is -0.114. The molecule has 0 N–H and O–H groups in total. The van der Waals surface area contributed by atoms with Crippen LogP contribution in [-0.4, -0.2) is 19.1 Å². The Morgan fingerprint density at radius 3 is 1.88 bits per heavy atom. The maximum absolute atomic E-state index is 12.1. The first-order valence-electron chi connectivity index (χ1n) is 13.5. The third kappa shape index (κ3) is 18.1. The van der Waals surface area contributed by atoms with Gasteiger partial charge in [0.05, 0.1) is 6.61 Å². The number of carbonyl (C=O) groups is 1. The van der Waals surface area contributed by atoms with Crippen molar-refractivity contribution in [2.75, 3.05) is 13.2 Å². The van der Waals surface area contributed by atoms with Crippen molar-refractivity contribution in [1.82, 2.24) is 0 Å². The second-order valence-corrected chi connectivity index (χ2v) is 9.35. The molecule has 0 heterocycles. The fraction of sp³-hybridized carbons (Fsp3) is 0.750. The van der Waals surface area contributed by atoms with E-state index >= 15 is 0 Å². The normalized spacial score (nSPS) is 11.7. The van der Waals surface area contributed by atoms with Crippen LogP contribution in [-0.2, 0) is 16.0 Å². The van der Waals surface area contributed by atoms with Crippen molar-refractivity contribution in [2.45, 2.75) is 116 Å². The van der Waals surface area contributed by atoms with Gasteiger partial charge in [0, 0.05) is 23.8 Å². The van der Waals surface area contributed by atoms with Crippen LogP contribution < -0.4 is 0 Å². The lowest BCUT2D eigenvalue weighted by Gasteiger charge is -2.15. The van der Waals surface area contributed by atoms with E-state index in [1.165, 1.54) is 83.5 Å². The highest BCUT2D eigenvalue weighted by Gasteiger charge is 2.12. The Kier molecular flexibility index (Phi) is 19.2. The van der Waals surface area contributed by atoms with Gasteiger partial charge in [0.1, 0.15) is 0 Å². The highest BCUT2D eigenvalue weighted by Crippen LogP contribution is 2.14. The van der Waals surface area contributed by atoms with E-state index in [-0.39, 0.29) is 11.9 Å². The largest absolute Gasteiger partial charge is 0.465 e. The SMILES string of the molecule is CCCCCCCCCCCCCCCCCC(=O)OCC(CN=[N+]=[N-])Cc1ccccc1. The van der Waals surface area contributed by atoms with Gasteiger partial charge in [0.15, 0.2) is 0 Å². The molecule has 0 bridgehead atoms. The minimum Gasteiger partial charge on any atom is -0.465 e. The summed E-state index contributed by atoms with van der Waals surface area (Å²) in [7, 11) is 0. The molecular weight excluding hydrogens is 410 g/mol. The zero-order valence-electron chi connectivity index (χ0n) is 21.1. The van der Waals surface area contributed by atoms with Crippen molar-refractivity contribution in [1.29, 1.82) is 0 Å². The van der Waals surface area contributed by atoms with E-state index in [4.69, 9.17) is 10.3 Å². The molecule has 0 aliphatic rings. The average molecular weight is 458 g/mol. The third-order valence-corrected chi connectivity index (χ3v) is 6.23. The predicted octanol–water partition coefficient (Wildman–Crippen LogP) is 8.96. The lowest BCUT2D eigenvalue weighted by Crippen LogP contribution is -2.18. The van der Waals surface area contributed by atoms with Gasteiger partial charge in [0.25, 0.3) is 0 Å². The van der Waals surface area contributed by atoms with Gasteiger partial charge < -0.3 is 4.74 Å². The van der Waals surface area contributed by atoms with E-state index in [0.29, 0.717) is 19.6 Å². The van der Waals surface area contributed by atoms with Gasteiger partial charge in [-0.15, -0.1) is 0 Å². The zero-order chi connectivity index (χ0) is 23.8. The molecule has 1 aromatic carbocycles. The van der Waals surface area contributed by atoms with Gasteiger partial charge >= 0.3 is 5.97 Å². The molecule has 1 unspecified atom stereocenters. The third-order valence-electron chi connectivity index (χ3n) is 6.23. The van der Waals surface area contributed by atoms with Crippen LogP contribution in [0.1, 0.15) is 115 Å². The molecular formula is C28H47N3O2. The summed E-state index contributed by atoms with van der Waals surface area (Å²) < 4.78 is 5.47. The van der Waals surface area contributed by atoms with E-state index in [1.807, 2.05) is 30.3 Å². The molecule has 5 nitrogen and oxygen atoms in total. The summed E-state index contributed by atoms with van der Waals surface area (Å²) in [6, 6.07) is 10.0. The Balaban J connectivity index is 1.96. The standard InChI is InChI=1S/C28H47N3O2/c1-2-3-4-5-6-7-8-9-10-11-12-13-14-15-19-22-28(32)33-25-27(24-30-31-29)23-26-20-17-16-18-21-26/h16-18,20-21,27H,2-15,19,22-25H2,1H3. The number of carbonyl (C=O) groups excluding carboxylic acids is 1. The van der Waals surface area contributed by atoms with E-state index in [9.17, 15) is 4.79 Å². The molecule has 1 aromatic rings. The quantitative estimate of drug-likeness (QED) is 0.0572. The van der Waals surface area contributed by atoms with Crippen molar-refractivity contribution in [3.8, 4) is 0 Å². The molecule has 0 fully saturated rings. The van der Waals surface area contributed by atoms with Gasteiger partial charge in [-0.3, -0.25) is 4.79 Å². The number of esters is 1. The molecule has 0 radical (unpaired) electrons. The van der Waals surface area contributed by atoms with Crippen molar-refractivity contribution < 1.29 is 9.53 Å². The second-order valence-electron chi connectivity index (χ2n) is 9.35. The first-order valence-corrected chi connectivity index (χ1v) is 13.5. The van der Waals surface area contributed by atoms with Crippen LogP contribution in [0.5, 0.6) is 0 Å². The molecule has 0 aliphatic carbocycles. The maximum Gasteiger partial charge on any atom is 0.305 e. The first kappa shape index (κ1) is 29.0. The van der Waals surface area contributed by atoms with Crippen LogP contribution in [0, 0.1) is 5.92 Å². The van der Waals surface area contributed by atoms with Crippen LogP contribution in [0.25, 0.3) is 10.4 Å². The van der Waals surface area contributed by atoms with Gasteiger partial charge in [0.2, 0.25) is 0 Å². The number of azide groups is 1. The Morgan fingerprint density at radius 2 is 1.36 bits per heavy atom. The highest BCUT2D eigenvalue weighted by atomic mass is 16.5. The molecule has 1 rings (SSSR count). The van der Waals surface area contributed by atoms with E-state index in [2.05, 4.69) is 16.9 Å². The fourth-order valence-corrected chi connectivity index (χ4v) is 4.20. The lowest BCUT2D eigenvalue weighted by atomic mass is 10.0. The number of unbranched alkanes of at least 4 members (excludes halogenated alkanes) is 14. The van der Waals surface area contributed by atoms with Gasteiger partial charge in [-0.05, 0) is 23.9 Å². The minimum atomic E-state index is -0.135. The number of hydrogen-bond acceptors (Lipinski definition) is 3. The Hall–Kier alpha value is -2.00. The first-order chi connectivity index (χ1) is 16.3. The van der Waals surface area contributed by atoms with Crippen LogP contribution >= 0.6 is 0 Å². The molecule has 0 spiro atoms. The minimum absolute atomic E-state index is 0.0216. The monoisotopic (exact) mass is 457 g/mol. The summed E-state index contributed by atoms with van der Waals surface area (Å²) in [6.07, 6.45) is 21.0. The maximum atomic E-state index is 12.1. The van der Waals surface area contributed by atoms with E-state index < -0.39 is 0 Å². The predicted molar refractivity (Wildman–Crippen MR) is 138 cm³/mol. The number of benzene rings is 1. The van der Waals surface area contributed by atoms with Crippen LogP contribution in [0.4, 0.5) is 0 Å². The lowest BCUT2D eigenvalue weighted by molar-refractivity contribution is -0.145. The highest BCUT2D eigenvalue weighted by molar-refractivity contribution is 5.69. The molecule has 1 atom stereocenters. The molecule has 33 heavy (non-hydrogen) atoms. The number of ether oxygens (including phenoxy) is 1. The van der Waals surface area contributed by atoms with Crippen molar-refractivity contribution in [3.63, 3.8) is 0 Å². The van der Waals surface area contributed by atoms with Crippen LogP contribution in [0.3, 0.4) is 0 Å². The fourth-order valence-electron chi connectivity index (χ4n) is 4.20. The number of hydrogen-bond donors (Lipinski definition) is 0. The van der Waals surface area contributed by atoms with Crippen LogP contribution in [0.2, 0.25) is 0 Å². The Morgan fingerprint density at radius 1 is 0.848 bits per heavy atom. The summed E-state index contributed by atoms with van der Waals surface area (Å²) in [6.45, 7) is 2.93. The van der Waals surface area contributed by atoms with Crippen molar-refractivity contribution in [2.24, 2.45) is 11.0 Å². The molecule has 0 amide bonds. The topological polar surface area (TPSA) is 75.1 Å². The second kappa shape index (κ2) is 21.8. The molecule has 0 aliphatic heterocycles. The summed E-state index contributed by atoms with van der Waals surface area (Å²) >= 11 is 0. The van der Waals surface area contributed by atoms with Gasteiger partial charge in [-0.25, -0.2) is 0 Å². The molecule has 0 aromatic heterocycles.